The van der Waals surface area contributed by atoms with Crippen molar-refractivity contribution in [3.8, 4) is 0 Å². The number of likely N-dealkylation sites (tertiary alicyclic amines) is 1. The zero-order valence-corrected chi connectivity index (χ0v) is 21.6. The zero-order chi connectivity index (χ0) is 25.2. The molecule has 1 amide bonds. The molecule has 3 rings (SSSR count). The van der Waals surface area contributed by atoms with E-state index >= 15 is 0 Å². The lowest BCUT2D eigenvalue weighted by Crippen LogP contribution is -2.53. The van der Waals surface area contributed by atoms with Crippen LogP contribution in [0.4, 0.5) is 10.1 Å². The summed E-state index contributed by atoms with van der Waals surface area (Å²) < 4.78 is 14.8. The first-order chi connectivity index (χ1) is 16.1. The van der Waals surface area contributed by atoms with Gasteiger partial charge in [0.25, 0.3) is 11.5 Å². The average Bonchev–Trinajstić information content (AvgIpc) is 2.75. The van der Waals surface area contributed by atoms with Gasteiger partial charge in [-0.05, 0) is 90.3 Å². The smallest absolute Gasteiger partial charge is 0.253 e. The quantitative estimate of drug-likeness (QED) is 0.627. The van der Waals surface area contributed by atoms with E-state index in [-0.39, 0.29) is 24.1 Å². The average molecular weight is 471 g/mol. The van der Waals surface area contributed by atoms with Crippen molar-refractivity contribution in [2.75, 3.05) is 18.0 Å². The number of aromatic nitrogens is 1. The first kappa shape index (κ1) is 25.9. The molecule has 2 N–H and O–H groups in total. The number of anilines is 1. The second-order valence-corrected chi connectivity index (χ2v) is 9.66. The normalized spacial score (nSPS) is 20.9. The molecule has 2 aromatic rings. The lowest BCUT2D eigenvalue weighted by molar-refractivity contribution is 0.0946. The van der Waals surface area contributed by atoms with Gasteiger partial charge in [0.15, 0.2) is 0 Å². The molecule has 7 heteroatoms. The fourth-order valence-electron chi connectivity index (χ4n) is 5.66. The Morgan fingerprint density at radius 1 is 1.15 bits per heavy atom. The zero-order valence-electron chi connectivity index (χ0n) is 21.6. The molecular weight excluding hydrogens is 431 g/mol. The number of pyridine rings is 1. The molecule has 2 heterocycles. The summed E-state index contributed by atoms with van der Waals surface area (Å²) in [4.78, 5) is 32.9. The molecule has 1 aliphatic rings. The first-order valence-electron chi connectivity index (χ1n) is 12.4. The maximum Gasteiger partial charge on any atom is 0.253 e. The molecule has 1 fully saturated rings. The molecule has 1 aliphatic heterocycles. The summed E-state index contributed by atoms with van der Waals surface area (Å²) in [6, 6.07) is 5.88. The van der Waals surface area contributed by atoms with E-state index in [4.69, 9.17) is 0 Å². The van der Waals surface area contributed by atoms with Crippen LogP contribution in [0.3, 0.4) is 0 Å². The topological polar surface area (TPSA) is 68.4 Å². The second-order valence-electron chi connectivity index (χ2n) is 9.66. The van der Waals surface area contributed by atoms with E-state index in [2.05, 4.69) is 47.8 Å². The Labute approximate surface area is 202 Å². The standard InChI is InChI=1S/C27H39FN4O2/c1-8-31-18(5)11-22(12-19(31)6)32(9-2)25-14-21(28)13-23(20(25)7)26(33)29-15-24-16(3)10-17(4)30-27(24)34/h10,13-14,18-19,22H,8-9,11-12,15H2,1-7H3,(H,29,33)(H,30,34)/t18-,19-/m1/s1. The highest BCUT2D eigenvalue weighted by molar-refractivity contribution is 5.97. The molecule has 0 aliphatic carbocycles. The first-order valence-corrected chi connectivity index (χ1v) is 12.4. The Morgan fingerprint density at radius 3 is 2.35 bits per heavy atom. The van der Waals surface area contributed by atoms with Gasteiger partial charge in [-0.25, -0.2) is 4.39 Å². The monoisotopic (exact) mass is 470 g/mol. The van der Waals surface area contributed by atoms with Crippen molar-refractivity contribution in [3.05, 3.63) is 62.3 Å². The molecule has 6 nitrogen and oxygen atoms in total. The SMILES string of the molecule is CCN(c1cc(F)cc(C(=O)NCc2c(C)cc(C)[nH]c2=O)c1C)C1C[C@@H](C)N(CC)[C@H](C)C1. The molecule has 186 valence electrons. The number of hydrogen-bond acceptors (Lipinski definition) is 4. The number of benzene rings is 1. The predicted molar refractivity (Wildman–Crippen MR) is 136 cm³/mol. The van der Waals surface area contributed by atoms with Gasteiger partial charge in [-0.1, -0.05) is 6.92 Å². The summed E-state index contributed by atoms with van der Waals surface area (Å²) in [6.07, 6.45) is 2.00. The van der Waals surface area contributed by atoms with Crippen LogP contribution in [0.5, 0.6) is 0 Å². The van der Waals surface area contributed by atoms with Crippen LogP contribution in [0.2, 0.25) is 0 Å². The Kier molecular flexibility index (Phi) is 8.18. The number of H-pyrrole nitrogens is 1. The van der Waals surface area contributed by atoms with Crippen molar-refractivity contribution in [2.24, 2.45) is 0 Å². The number of halogens is 1. The molecule has 2 atom stereocenters. The number of carbonyl (C=O) groups is 1. The third-order valence-corrected chi connectivity index (χ3v) is 7.32. The lowest BCUT2D eigenvalue weighted by Gasteiger charge is -2.46. The van der Waals surface area contributed by atoms with E-state index in [9.17, 15) is 14.0 Å². The van der Waals surface area contributed by atoms with E-state index in [1.165, 1.54) is 6.07 Å². The van der Waals surface area contributed by atoms with Gasteiger partial charge in [0.2, 0.25) is 0 Å². The number of carbonyl (C=O) groups excluding carboxylic acids is 1. The maximum absolute atomic E-state index is 14.8. The van der Waals surface area contributed by atoms with Crippen molar-refractivity contribution in [1.29, 1.82) is 0 Å². The van der Waals surface area contributed by atoms with Crippen LogP contribution in [0, 0.1) is 26.6 Å². The molecular formula is C27H39FN4O2. The Bertz CT molecular complexity index is 1080. The van der Waals surface area contributed by atoms with E-state index in [0.29, 0.717) is 23.2 Å². The van der Waals surface area contributed by atoms with Crippen molar-refractivity contribution in [3.63, 3.8) is 0 Å². The van der Waals surface area contributed by atoms with E-state index in [0.717, 1.165) is 48.4 Å². The summed E-state index contributed by atoms with van der Waals surface area (Å²) >= 11 is 0. The largest absolute Gasteiger partial charge is 0.368 e. The molecule has 0 radical (unpaired) electrons. The summed E-state index contributed by atoms with van der Waals surface area (Å²) in [5.41, 5.74) is 3.72. The van der Waals surface area contributed by atoms with E-state index in [1.54, 1.807) is 6.07 Å². The van der Waals surface area contributed by atoms with Crippen molar-refractivity contribution in [2.45, 2.75) is 86.0 Å². The highest BCUT2D eigenvalue weighted by Crippen LogP contribution is 2.33. The van der Waals surface area contributed by atoms with Crippen molar-refractivity contribution in [1.82, 2.24) is 15.2 Å². The van der Waals surface area contributed by atoms with Gasteiger partial charge >= 0.3 is 0 Å². The number of amides is 1. The minimum Gasteiger partial charge on any atom is -0.368 e. The van der Waals surface area contributed by atoms with Crippen LogP contribution in [0.15, 0.2) is 23.0 Å². The molecule has 0 spiro atoms. The van der Waals surface area contributed by atoms with Crippen LogP contribution >= 0.6 is 0 Å². The van der Waals surface area contributed by atoms with E-state index in [1.807, 2.05) is 26.8 Å². The maximum atomic E-state index is 14.8. The molecule has 34 heavy (non-hydrogen) atoms. The molecule has 0 bridgehead atoms. The van der Waals surface area contributed by atoms with Gasteiger partial charge in [0.1, 0.15) is 5.82 Å². The third kappa shape index (κ3) is 5.35. The summed E-state index contributed by atoms with van der Waals surface area (Å²) in [7, 11) is 0. The molecule has 0 saturated carbocycles. The highest BCUT2D eigenvalue weighted by atomic mass is 19.1. The fourth-order valence-corrected chi connectivity index (χ4v) is 5.66. The van der Waals surface area contributed by atoms with Gasteiger partial charge in [0, 0.05) is 53.7 Å². The number of rotatable bonds is 7. The lowest BCUT2D eigenvalue weighted by atomic mass is 9.90. The Balaban J connectivity index is 1.86. The van der Waals surface area contributed by atoms with Gasteiger partial charge in [-0.3, -0.25) is 14.5 Å². The number of aromatic amines is 1. The summed E-state index contributed by atoms with van der Waals surface area (Å²) in [5, 5.41) is 2.82. The van der Waals surface area contributed by atoms with E-state index < -0.39 is 5.82 Å². The minimum atomic E-state index is -0.430. The second kappa shape index (κ2) is 10.7. The van der Waals surface area contributed by atoms with Crippen LogP contribution < -0.4 is 15.8 Å². The van der Waals surface area contributed by atoms with Crippen LogP contribution in [-0.4, -0.2) is 47.0 Å². The molecule has 1 aromatic heterocycles. The van der Waals surface area contributed by atoms with Gasteiger partial charge < -0.3 is 15.2 Å². The minimum absolute atomic E-state index is 0.0908. The van der Waals surface area contributed by atoms with Crippen LogP contribution in [-0.2, 0) is 6.54 Å². The third-order valence-electron chi connectivity index (χ3n) is 7.32. The fraction of sp³-hybridized carbons (Fsp3) is 0.556. The number of nitrogens with zero attached hydrogens (tertiary/aromatic N) is 2. The summed E-state index contributed by atoms with van der Waals surface area (Å²) in [5.74, 6) is -0.808. The Morgan fingerprint density at radius 2 is 1.79 bits per heavy atom. The number of piperidine rings is 1. The summed E-state index contributed by atoms with van der Waals surface area (Å²) in [6.45, 7) is 16.2. The predicted octanol–water partition coefficient (Wildman–Crippen LogP) is 4.46. The number of aryl methyl sites for hydroxylation is 2. The Hall–Kier alpha value is -2.67. The van der Waals surface area contributed by atoms with Crippen molar-refractivity contribution < 1.29 is 9.18 Å². The van der Waals surface area contributed by atoms with Crippen LogP contribution in [0.1, 0.15) is 73.3 Å². The molecule has 0 unspecified atom stereocenters. The highest BCUT2D eigenvalue weighted by Gasteiger charge is 2.33. The van der Waals surface area contributed by atoms with Crippen LogP contribution in [0.25, 0.3) is 0 Å². The number of hydrogen-bond donors (Lipinski definition) is 2. The molecule has 1 aromatic carbocycles. The number of nitrogens with one attached hydrogen (secondary N) is 2. The van der Waals surface area contributed by atoms with Crippen molar-refractivity contribution >= 4 is 11.6 Å². The van der Waals surface area contributed by atoms with Gasteiger partial charge in [-0.2, -0.15) is 0 Å². The molecule has 1 saturated heterocycles. The van der Waals surface area contributed by atoms with Gasteiger partial charge in [0.05, 0.1) is 0 Å². The van der Waals surface area contributed by atoms with Gasteiger partial charge in [-0.15, -0.1) is 0 Å².